The van der Waals surface area contributed by atoms with Gasteiger partial charge in [0.2, 0.25) is 5.79 Å². The van der Waals surface area contributed by atoms with Crippen molar-refractivity contribution in [2.45, 2.75) is 49.2 Å². The van der Waals surface area contributed by atoms with Crippen LogP contribution in [0.3, 0.4) is 0 Å². The van der Waals surface area contributed by atoms with Crippen molar-refractivity contribution < 1.29 is 20.1 Å². The maximum atomic E-state index is 10.2. The van der Waals surface area contributed by atoms with E-state index in [1.54, 1.807) is 4.90 Å². The summed E-state index contributed by atoms with van der Waals surface area (Å²) in [6.45, 7) is -0.197. The molecule has 6 N–H and O–H groups in total. The average Bonchev–Trinajstić information content (AvgIpc) is 3.15. The summed E-state index contributed by atoms with van der Waals surface area (Å²) < 4.78 is 6.05. The van der Waals surface area contributed by atoms with E-state index in [1.165, 1.54) is 0 Å². The van der Waals surface area contributed by atoms with Crippen LogP contribution in [0.1, 0.15) is 12.8 Å². The summed E-state index contributed by atoms with van der Waals surface area (Å²) in [4.78, 5) is 14.9. The van der Waals surface area contributed by atoms with Crippen LogP contribution in [0.25, 0.3) is 0 Å². The summed E-state index contributed by atoms with van der Waals surface area (Å²) in [6.07, 6.45) is -1.97. The molecule has 0 aromatic rings. The van der Waals surface area contributed by atoms with Crippen molar-refractivity contribution in [2.75, 3.05) is 13.3 Å². The Bertz CT molecular complexity index is 638. The van der Waals surface area contributed by atoms with E-state index in [4.69, 9.17) is 10.5 Å². The first-order valence-electron chi connectivity index (χ1n) is 7.78. The number of nitrogens with one attached hydrogen (secondary N) is 1. The van der Waals surface area contributed by atoms with Gasteiger partial charge in [0.25, 0.3) is 0 Å². The second-order valence-corrected chi connectivity index (χ2v) is 7.31. The summed E-state index contributed by atoms with van der Waals surface area (Å²) in [5, 5.41) is 32.7. The molecule has 1 unspecified atom stereocenters. The van der Waals surface area contributed by atoms with Gasteiger partial charge in [0.15, 0.2) is 15.9 Å². The Balaban J connectivity index is 1.60. The second-order valence-electron chi connectivity index (χ2n) is 6.35. The molecule has 0 radical (unpaired) electrons. The summed E-state index contributed by atoms with van der Waals surface area (Å²) in [6, 6.07) is 0.313. The molecular weight excluding hydrogens is 431 g/mol. The molecule has 4 rings (SSSR count). The first kappa shape index (κ1) is 16.8. The molecule has 24 heavy (non-hydrogen) atoms. The Morgan fingerprint density at radius 1 is 1.38 bits per heavy atom. The van der Waals surface area contributed by atoms with Crippen molar-refractivity contribution in [3.8, 4) is 0 Å². The highest BCUT2D eigenvalue weighted by atomic mass is 127. The number of ether oxygens (including phenoxy) is 1. The molecule has 0 aromatic heterocycles. The SMILES string of the molecule is NC1(NC2CC2)N=C(I)N=C2C1=NCN2[C@@H]1O[C@H](CO)[C@@H](O)[C@H]1O. The van der Waals surface area contributed by atoms with E-state index in [0.717, 1.165) is 12.8 Å². The number of hydrogen-bond acceptors (Lipinski definition) is 10. The van der Waals surface area contributed by atoms with Crippen LogP contribution in [0.2, 0.25) is 0 Å². The zero-order valence-electron chi connectivity index (χ0n) is 12.7. The first-order valence-corrected chi connectivity index (χ1v) is 8.86. The lowest BCUT2D eigenvalue weighted by molar-refractivity contribution is -0.0688. The average molecular weight is 450 g/mol. The number of halogens is 1. The maximum Gasteiger partial charge on any atom is 0.212 e. The number of amidine groups is 2. The number of nitrogens with zero attached hydrogens (tertiary/aromatic N) is 4. The monoisotopic (exact) mass is 450 g/mol. The van der Waals surface area contributed by atoms with Crippen molar-refractivity contribution in [3.63, 3.8) is 0 Å². The summed E-state index contributed by atoms with van der Waals surface area (Å²) >= 11 is 1.99. The standard InChI is InChI=1S/C13H19IN6O4/c14-12-17-10-9(13(15,19-12)18-5-1-2-5)16-4-20(10)11-8(23)7(22)6(3-21)24-11/h5-8,11,18,21-23H,1-4,15H2/t6-,7-,8-,11-,13?/m1/s1. The number of fused-ring (bicyclic) bond motifs is 1. The van der Waals surface area contributed by atoms with Gasteiger partial charge in [0, 0.05) is 28.6 Å². The molecule has 5 atom stereocenters. The summed E-state index contributed by atoms with van der Waals surface area (Å²) in [5.41, 5.74) is 6.91. The smallest absolute Gasteiger partial charge is 0.212 e. The fourth-order valence-electron chi connectivity index (χ4n) is 3.12. The molecule has 132 valence electrons. The molecular formula is C13H19IN6O4. The third-order valence-corrected chi connectivity index (χ3v) is 5.00. The lowest BCUT2D eigenvalue weighted by Gasteiger charge is -2.33. The van der Waals surface area contributed by atoms with E-state index in [9.17, 15) is 15.3 Å². The maximum absolute atomic E-state index is 10.2. The Morgan fingerprint density at radius 3 is 2.75 bits per heavy atom. The fraction of sp³-hybridized carbons (Fsp3) is 0.769. The van der Waals surface area contributed by atoms with Crippen molar-refractivity contribution in [2.24, 2.45) is 20.7 Å². The van der Waals surface area contributed by atoms with Gasteiger partial charge in [0.1, 0.15) is 30.7 Å². The number of nitrogens with two attached hydrogens (primary N) is 1. The predicted molar refractivity (Wildman–Crippen MR) is 93.9 cm³/mol. The van der Waals surface area contributed by atoms with Crippen LogP contribution >= 0.6 is 22.6 Å². The normalized spacial score (nSPS) is 41.9. The Labute approximate surface area is 151 Å². The summed E-state index contributed by atoms with van der Waals surface area (Å²) in [5.74, 6) is -0.679. The van der Waals surface area contributed by atoms with E-state index >= 15 is 0 Å². The van der Waals surface area contributed by atoms with Crippen LogP contribution in [0, 0.1) is 0 Å². The van der Waals surface area contributed by atoms with Gasteiger partial charge in [-0.25, -0.2) is 9.98 Å². The fourth-order valence-corrected chi connectivity index (χ4v) is 3.73. The first-order chi connectivity index (χ1) is 11.4. The molecule has 1 saturated heterocycles. The number of aliphatic hydroxyl groups excluding tert-OH is 3. The molecule has 0 spiro atoms. The molecule has 0 bridgehead atoms. The highest BCUT2D eigenvalue weighted by Gasteiger charge is 2.51. The van der Waals surface area contributed by atoms with Gasteiger partial charge in [-0.15, -0.1) is 0 Å². The van der Waals surface area contributed by atoms with Crippen LogP contribution < -0.4 is 11.1 Å². The number of hydrogen-bond donors (Lipinski definition) is 5. The molecule has 1 saturated carbocycles. The Kier molecular flexibility index (Phi) is 4.14. The third kappa shape index (κ3) is 2.67. The van der Waals surface area contributed by atoms with Crippen LogP contribution in [-0.4, -0.2) is 85.3 Å². The topological polar surface area (TPSA) is 148 Å². The van der Waals surface area contributed by atoms with E-state index in [-0.39, 0.29) is 13.3 Å². The minimum atomic E-state index is -1.18. The number of aliphatic imine (C=N–C) groups is 3. The zero-order valence-corrected chi connectivity index (χ0v) is 14.9. The van der Waals surface area contributed by atoms with E-state index in [2.05, 4.69) is 20.3 Å². The van der Waals surface area contributed by atoms with Crippen molar-refractivity contribution in [3.05, 3.63) is 0 Å². The van der Waals surface area contributed by atoms with Gasteiger partial charge < -0.3 is 25.0 Å². The zero-order chi connectivity index (χ0) is 17.1. The van der Waals surface area contributed by atoms with Crippen molar-refractivity contribution in [1.29, 1.82) is 0 Å². The van der Waals surface area contributed by atoms with Gasteiger partial charge in [0.05, 0.1) is 6.61 Å². The molecule has 11 heteroatoms. The molecule has 2 fully saturated rings. The molecule has 1 aliphatic carbocycles. The molecule has 3 heterocycles. The Morgan fingerprint density at radius 2 is 2.12 bits per heavy atom. The third-order valence-electron chi connectivity index (χ3n) is 4.52. The Hall–Kier alpha value is -0.700. The quantitative estimate of drug-likeness (QED) is 0.184. The lowest BCUT2D eigenvalue weighted by atomic mass is 10.1. The van der Waals surface area contributed by atoms with E-state index in [1.807, 2.05) is 22.6 Å². The molecule has 10 nitrogen and oxygen atoms in total. The minimum absolute atomic E-state index is 0.186. The lowest BCUT2D eigenvalue weighted by Crippen LogP contribution is -2.64. The molecule has 4 aliphatic rings. The van der Waals surface area contributed by atoms with Gasteiger partial charge in [-0.1, -0.05) is 0 Å². The van der Waals surface area contributed by atoms with Crippen molar-refractivity contribution in [1.82, 2.24) is 10.2 Å². The molecule has 3 aliphatic heterocycles. The van der Waals surface area contributed by atoms with E-state index in [0.29, 0.717) is 21.4 Å². The minimum Gasteiger partial charge on any atom is -0.394 e. The van der Waals surface area contributed by atoms with Gasteiger partial charge in [-0.05, 0) is 12.8 Å². The number of rotatable bonds is 4. The van der Waals surface area contributed by atoms with Crippen LogP contribution in [0.4, 0.5) is 0 Å². The summed E-state index contributed by atoms with van der Waals surface area (Å²) in [7, 11) is 0. The van der Waals surface area contributed by atoms with E-state index < -0.39 is 30.3 Å². The molecule has 0 aromatic carbocycles. The van der Waals surface area contributed by atoms with Crippen LogP contribution in [-0.2, 0) is 4.74 Å². The highest BCUT2D eigenvalue weighted by molar-refractivity contribution is 14.1. The number of aliphatic hydroxyl groups is 3. The van der Waals surface area contributed by atoms with Crippen LogP contribution in [0.5, 0.6) is 0 Å². The van der Waals surface area contributed by atoms with Crippen molar-refractivity contribution >= 4 is 38.0 Å². The predicted octanol–water partition coefficient (Wildman–Crippen LogP) is -2.29. The molecule has 0 amide bonds. The van der Waals surface area contributed by atoms with Gasteiger partial charge in [-0.3, -0.25) is 16.0 Å². The van der Waals surface area contributed by atoms with Gasteiger partial charge in [-0.2, -0.15) is 0 Å². The second kappa shape index (κ2) is 5.93. The highest BCUT2D eigenvalue weighted by Crippen LogP contribution is 2.31. The van der Waals surface area contributed by atoms with Gasteiger partial charge >= 0.3 is 0 Å². The largest absolute Gasteiger partial charge is 0.394 e. The van der Waals surface area contributed by atoms with Crippen LogP contribution in [0.15, 0.2) is 15.0 Å².